The lowest BCUT2D eigenvalue weighted by Gasteiger charge is -2.18. The highest BCUT2D eigenvalue weighted by atomic mass is 79.9. The van der Waals surface area contributed by atoms with Gasteiger partial charge in [-0.1, -0.05) is 50.7 Å². The molecule has 0 heterocycles. The van der Waals surface area contributed by atoms with Crippen LogP contribution >= 0.6 is 62.3 Å². The summed E-state index contributed by atoms with van der Waals surface area (Å²) in [5.41, 5.74) is 0. The van der Waals surface area contributed by atoms with Gasteiger partial charge >= 0.3 is 0 Å². The molecule has 0 saturated heterocycles. The lowest BCUT2D eigenvalue weighted by molar-refractivity contribution is 0.793. The molecule has 0 nitrogen and oxygen atoms in total. The van der Waals surface area contributed by atoms with Crippen molar-refractivity contribution in [2.75, 3.05) is 0 Å². The van der Waals surface area contributed by atoms with Crippen LogP contribution in [0.25, 0.3) is 0 Å². The summed E-state index contributed by atoms with van der Waals surface area (Å²) < 4.78 is -1.90. The van der Waals surface area contributed by atoms with Crippen molar-refractivity contribution in [2.45, 2.75) is 20.9 Å². The summed E-state index contributed by atoms with van der Waals surface area (Å²) in [7, 11) is 0. The first kappa shape index (κ1) is 10.6. The second-order valence-electron chi connectivity index (χ2n) is 1.86. The van der Waals surface area contributed by atoms with Crippen LogP contribution in [0.5, 0.6) is 0 Å². The molecule has 5 heteroatoms. The van der Waals surface area contributed by atoms with Crippen LogP contribution in [0.2, 0.25) is 0 Å². The van der Waals surface area contributed by atoms with E-state index in [1.54, 1.807) is 6.92 Å². The highest BCUT2D eigenvalue weighted by Gasteiger charge is 2.30. The van der Waals surface area contributed by atoms with Crippen LogP contribution in [0.15, 0.2) is 0 Å². The Morgan fingerprint density at radius 3 is 1.56 bits per heavy atom. The largest absolute Gasteiger partial charge is 0.193 e. The van der Waals surface area contributed by atoms with E-state index in [0.717, 1.165) is 0 Å². The molecule has 0 aliphatic heterocycles. The Morgan fingerprint density at radius 1 is 1.22 bits per heavy atom. The Hall–Kier alpha value is 1.64. The number of alkyl halides is 5. The average Bonchev–Trinajstić information content (AvgIpc) is 1.14. The SMILES string of the molecule is CC(Cl)(Br)CC(Cl)(Cl)Cl. The van der Waals surface area contributed by atoms with Gasteiger partial charge in [0, 0.05) is 6.42 Å². The summed E-state index contributed by atoms with van der Waals surface area (Å²) in [4.78, 5) is 0. The van der Waals surface area contributed by atoms with Crippen LogP contribution in [-0.2, 0) is 0 Å². The van der Waals surface area contributed by atoms with Gasteiger partial charge in [0.05, 0.1) is 0 Å². The predicted octanol–water partition coefficient (Wildman–Crippen LogP) is 4.10. The third-order valence-corrected chi connectivity index (χ3v) is 1.33. The fraction of sp³-hybridized carbons (Fsp3) is 1.00. The first-order valence-corrected chi connectivity index (χ1v) is 4.46. The van der Waals surface area contributed by atoms with E-state index in [9.17, 15) is 0 Å². The topological polar surface area (TPSA) is 0 Å². The Balaban J connectivity index is 3.75. The molecule has 0 bridgehead atoms. The standard InChI is InChI=1S/C4H5BrCl4/c1-3(5,6)2-4(7,8)9/h2H2,1H3. The molecule has 0 fully saturated rings. The van der Waals surface area contributed by atoms with Gasteiger partial charge in [-0.3, -0.25) is 0 Å². The Bertz CT molecular complexity index is 77.7. The maximum atomic E-state index is 5.68. The highest BCUT2D eigenvalue weighted by Crippen LogP contribution is 2.40. The smallest absolute Gasteiger partial charge is 0.107 e. The molecule has 0 amide bonds. The molecule has 9 heavy (non-hydrogen) atoms. The van der Waals surface area contributed by atoms with E-state index in [4.69, 9.17) is 46.4 Å². The zero-order valence-electron chi connectivity index (χ0n) is 4.60. The van der Waals surface area contributed by atoms with Crippen LogP contribution < -0.4 is 0 Å². The van der Waals surface area contributed by atoms with Gasteiger partial charge in [0.2, 0.25) is 0 Å². The van der Waals surface area contributed by atoms with Crippen LogP contribution in [0.3, 0.4) is 0 Å². The summed E-state index contributed by atoms with van der Waals surface area (Å²) in [6, 6.07) is 0. The molecule has 0 aromatic carbocycles. The number of hydrogen-bond acceptors (Lipinski definition) is 0. The van der Waals surface area contributed by atoms with Gasteiger partial charge < -0.3 is 0 Å². The van der Waals surface area contributed by atoms with Gasteiger partial charge in [-0.15, -0.1) is 11.6 Å². The minimum Gasteiger partial charge on any atom is -0.107 e. The monoisotopic (exact) mass is 272 g/mol. The predicted molar refractivity (Wildman–Crippen MR) is 48.1 cm³/mol. The molecule has 0 aliphatic rings. The molecular weight excluding hydrogens is 270 g/mol. The van der Waals surface area contributed by atoms with Crippen molar-refractivity contribution < 1.29 is 0 Å². The molecular formula is C4H5BrCl4. The van der Waals surface area contributed by atoms with Crippen molar-refractivity contribution in [1.82, 2.24) is 0 Å². The molecule has 0 aromatic rings. The normalized spacial score (nSPS) is 19.3. The first-order valence-electron chi connectivity index (χ1n) is 2.15. The molecule has 0 rings (SSSR count). The van der Waals surface area contributed by atoms with Crippen molar-refractivity contribution in [3.05, 3.63) is 0 Å². The third kappa shape index (κ3) is 9.64. The number of hydrogen-bond donors (Lipinski definition) is 0. The quantitative estimate of drug-likeness (QED) is 0.632. The van der Waals surface area contributed by atoms with E-state index in [1.807, 2.05) is 0 Å². The molecule has 0 saturated carbocycles. The van der Waals surface area contributed by atoms with E-state index in [2.05, 4.69) is 15.9 Å². The zero-order valence-corrected chi connectivity index (χ0v) is 9.21. The Labute approximate surface area is 82.9 Å². The van der Waals surface area contributed by atoms with E-state index < -0.39 is 7.58 Å². The Morgan fingerprint density at radius 2 is 1.56 bits per heavy atom. The van der Waals surface area contributed by atoms with Gasteiger partial charge in [-0.05, 0) is 6.92 Å². The van der Waals surface area contributed by atoms with E-state index in [1.165, 1.54) is 0 Å². The summed E-state index contributed by atoms with van der Waals surface area (Å²) >= 11 is 25.1. The summed E-state index contributed by atoms with van der Waals surface area (Å²) in [5, 5.41) is 0. The van der Waals surface area contributed by atoms with Gasteiger partial charge in [-0.25, -0.2) is 0 Å². The maximum absolute atomic E-state index is 5.68. The molecule has 56 valence electrons. The second-order valence-corrected chi connectivity index (χ2v) is 7.42. The van der Waals surface area contributed by atoms with Crippen LogP contribution in [-0.4, -0.2) is 7.58 Å². The molecule has 1 unspecified atom stereocenters. The second kappa shape index (κ2) is 3.36. The van der Waals surface area contributed by atoms with Crippen LogP contribution in [0.4, 0.5) is 0 Å². The number of rotatable bonds is 1. The molecule has 0 aliphatic carbocycles. The van der Waals surface area contributed by atoms with Gasteiger partial charge in [-0.2, -0.15) is 0 Å². The highest BCUT2D eigenvalue weighted by molar-refractivity contribution is 9.10. The molecule has 0 N–H and O–H groups in total. The minimum absolute atomic E-state index is 0.270. The van der Waals surface area contributed by atoms with Crippen molar-refractivity contribution in [2.24, 2.45) is 0 Å². The summed E-state index contributed by atoms with van der Waals surface area (Å²) in [6.07, 6.45) is 0.270. The fourth-order valence-electron chi connectivity index (χ4n) is 0.352. The zero-order chi connectivity index (χ0) is 7.71. The molecule has 1 atom stereocenters. The van der Waals surface area contributed by atoms with Gasteiger partial charge in [0.25, 0.3) is 0 Å². The maximum Gasteiger partial charge on any atom is 0.193 e. The molecule has 0 aromatic heterocycles. The van der Waals surface area contributed by atoms with E-state index in [0.29, 0.717) is 0 Å². The van der Waals surface area contributed by atoms with Crippen molar-refractivity contribution in [3.63, 3.8) is 0 Å². The van der Waals surface area contributed by atoms with Crippen LogP contribution in [0, 0.1) is 0 Å². The third-order valence-electron chi connectivity index (χ3n) is 0.511. The van der Waals surface area contributed by atoms with Crippen molar-refractivity contribution >= 4 is 62.3 Å². The first-order chi connectivity index (χ1) is 3.71. The molecule has 0 spiro atoms. The van der Waals surface area contributed by atoms with Crippen molar-refractivity contribution in [1.29, 1.82) is 0 Å². The fourth-order valence-corrected chi connectivity index (χ4v) is 2.46. The lowest BCUT2D eigenvalue weighted by atomic mass is 10.4. The Kier molecular flexibility index (Phi) is 3.97. The number of halogens is 5. The van der Waals surface area contributed by atoms with Crippen molar-refractivity contribution in [3.8, 4) is 0 Å². The average molecular weight is 275 g/mol. The summed E-state index contributed by atoms with van der Waals surface area (Å²) in [5.74, 6) is 0. The minimum atomic E-state index is -1.28. The molecule has 0 radical (unpaired) electrons. The van der Waals surface area contributed by atoms with E-state index in [-0.39, 0.29) is 6.42 Å². The lowest BCUT2D eigenvalue weighted by Crippen LogP contribution is -2.16. The van der Waals surface area contributed by atoms with Crippen LogP contribution in [0.1, 0.15) is 13.3 Å². The van der Waals surface area contributed by atoms with E-state index >= 15 is 0 Å². The van der Waals surface area contributed by atoms with Gasteiger partial charge in [0.15, 0.2) is 3.79 Å². The van der Waals surface area contributed by atoms with Gasteiger partial charge in [0.1, 0.15) is 3.78 Å². The summed E-state index contributed by atoms with van der Waals surface area (Å²) in [6.45, 7) is 1.72.